The molecule has 0 heterocycles. The molecular weight excluding hydrogens is 542 g/mol. The molecular formula is C30H31F4N3O4. The number of amides is 3. The molecule has 0 unspecified atom stereocenters. The highest BCUT2D eigenvalue weighted by Gasteiger charge is 2.43. The molecule has 0 bridgehead atoms. The number of nitrogens with one attached hydrogen (secondary N) is 2. The molecule has 41 heavy (non-hydrogen) atoms. The summed E-state index contributed by atoms with van der Waals surface area (Å²) >= 11 is 0. The Balaban J connectivity index is 1.77. The van der Waals surface area contributed by atoms with Gasteiger partial charge in [-0.05, 0) is 36.6 Å². The van der Waals surface area contributed by atoms with E-state index in [-0.39, 0.29) is 13.2 Å². The number of para-hydroxylation sites is 1. The van der Waals surface area contributed by atoms with Crippen LogP contribution in [0.5, 0.6) is 0 Å². The molecule has 11 heteroatoms. The third kappa shape index (κ3) is 8.62. The summed E-state index contributed by atoms with van der Waals surface area (Å²) in [4.78, 5) is 38.2. The molecule has 0 saturated carbocycles. The van der Waals surface area contributed by atoms with Gasteiger partial charge in [0.2, 0.25) is 6.41 Å². The van der Waals surface area contributed by atoms with E-state index in [1.165, 1.54) is 10.2 Å². The summed E-state index contributed by atoms with van der Waals surface area (Å²) < 4.78 is 58.0. The summed E-state index contributed by atoms with van der Waals surface area (Å²) in [6, 6.07) is 22.7. The maximum atomic E-state index is 15.0. The highest BCUT2D eigenvalue weighted by molar-refractivity contribution is 6.08. The van der Waals surface area contributed by atoms with Crippen molar-refractivity contribution in [3.8, 4) is 11.1 Å². The highest BCUT2D eigenvalue weighted by Crippen LogP contribution is 2.35. The Hall–Kier alpha value is -4.25. The summed E-state index contributed by atoms with van der Waals surface area (Å²) in [6.45, 7) is 1.30. The second-order valence-corrected chi connectivity index (χ2v) is 9.44. The number of alkyl halides is 4. The second kappa shape index (κ2) is 13.9. The number of ether oxygens (including phenoxy) is 1. The zero-order chi connectivity index (χ0) is 30.0. The topological polar surface area (TPSA) is 87.7 Å². The van der Waals surface area contributed by atoms with E-state index in [1.807, 2.05) is 30.3 Å². The Morgan fingerprint density at radius 3 is 2.17 bits per heavy atom. The maximum absolute atomic E-state index is 15.0. The Labute approximate surface area is 235 Å². The zero-order valence-electron chi connectivity index (χ0n) is 22.6. The molecule has 3 rings (SSSR count). The Morgan fingerprint density at radius 2 is 1.51 bits per heavy atom. The number of rotatable bonds is 13. The van der Waals surface area contributed by atoms with Crippen molar-refractivity contribution in [2.45, 2.75) is 38.3 Å². The molecule has 0 aliphatic carbocycles. The van der Waals surface area contributed by atoms with Gasteiger partial charge in [-0.15, -0.1) is 0 Å². The molecule has 0 aliphatic heterocycles. The summed E-state index contributed by atoms with van der Waals surface area (Å²) in [5.74, 6) is -3.09. The van der Waals surface area contributed by atoms with E-state index < -0.39 is 36.2 Å². The third-order valence-electron chi connectivity index (χ3n) is 6.30. The molecule has 0 spiro atoms. The van der Waals surface area contributed by atoms with Crippen molar-refractivity contribution in [3.63, 3.8) is 0 Å². The molecule has 2 atom stereocenters. The van der Waals surface area contributed by atoms with E-state index >= 15 is 0 Å². The minimum Gasteiger partial charge on any atom is -0.375 e. The van der Waals surface area contributed by atoms with Gasteiger partial charge in [0.1, 0.15) is 6.54 Å². The normalized spacial score (nSPS) is 13.5. The first kappa shape index (κ1) is 31.3. The molecule has 3 aromatic rings. The first-order valence-electron chi connectivity index (χ1n) is 12.8. The number of hydrogen-bond donors (Lipinski definition) is 2. The molecule has 0 aromatic heterocycles. The van der Waals surface area contributed by atoms with E-state index in [9.17, 15) is 31.9 Å². The van der Waals surface area contributed by atoms with Gasteiger partial charge in [0.05, 0.1) is 24.9 Å². The van der Waals surface area contributed by atoms with Crippen molar-refractivity contribution in [2.75, 3.05) is 24.6 Å². The van der Waals surface area contributed by atoms with Crippen molar-refractivity contribution in [3.05, 3.63) is 90.0 Å². The Morgan fingerprint density at radius 1 is 0.902 bits per heavy atom. The molecule has 0 radical (unpaired) electrons. The lowest BCUT2D eigenvalue weighted by molar-refractivity contribution is -0.152. The van der Waals surface area contributed by atoms with Crippen LogP contribution in [0.2, 0.25) is 0 Å². The van der Waals surface area contributed by atoms with Gasteiger partial charge in [0.25, 0.3) is 17.5 Å². The predicted octanol–water partition coefficient (Wildman–Crippen LogP) is 5.12. The van der Waals surface area contributed by atoms with Crippen LogP contribution in [-0.4, -0.2) is 49.8 Å². The van der Waals surface area contributed by atoms with E-state index in [1.54, 1.807) is 55.5 Å². The van der Waals surface area contributed by atoms with Crippen LogP contribution in [0.15, 0.2) is 78.9 Å². The van der Waals surface area contributed by atoms with Gasteiger partial charge in [-0.2, -0.15) is 13.2 Å². The minimum absolute atomic E-state index is 0.259. The van der Waals surface area contributed by atoms with Gasteiger partial charge in [0.15, 0.2) is 0 Å². The van der Waals surface area contributed by atoms with E-state index in [0.717, 1.165) is 5.56 Å². The van der Waals surface area contributed by atoms with E-state index in [2.05, 4.69) is 5.32 Å². The van der Waals surface area contributed by atoms with Crippen molar-refractivity contribution in [1.29, 1.82) is 0 Å². The third-order valence-corrected chi connectivity index (χ3v) is 6.30. The lowest BCUT2D eigenvalue weighted by Crippen LogP contribution is -2.54. The molecule has 0 fully saturated rings. The van der Waals surface area contributed by atoms with Crippen LogP contribution < -0.4 is 15.5 Å². The van der Waals surface area contributed by atoms with E-state index in [4.69, 9.17) is 4.74 Å². The van der Waals surface area contributed by atoms with Crippen LogP contribution in [0.4, 0.5) is 23.2 Å². The first-order valence-corrected chi connectivity index (χ1v) is 12.8. The van der Waals surface area contributed by atoms with Crippen LogP contribution in [0, 0.1) is 0 Å². The van der Waals surface area contributed by atoms with E-state index in [0.29, 0.717) is 42.3 Å². The number of carbonyl (C=O) groups excluding carboxylic acids is 3. The van der Waals surface area contributed by atoms with Gasteiger partial charge in [-0.3, -0.25) is 14.4 Å². The average Bonchev–Trinajstić information content (AvgIpc) is 2.96. The number of anilines is 1. The van der Waals surface area contributed by atoms with Crippen LogP contribution in [0.25, 0.3) is 11.1 Å². The Bertz CT molecular complexity index is 1330. The first-order chi connectivity index (χ1) is 19.4. The zero-order valence-corrected chi connectivity index (χ0v) is 22.6. The average molecular weight is 574 g/mol. The van der Waals surface area contributed by atoms with Crippen molar-refractivity contribution >= 4 is 23.9 Å². The number of nitrogens with zero attached hydrogens (tertiary/aromatic N) is 1. The van der Waals surface area contributed by atoms with Crippen molar-refractivity contribution < 1.29 is 36.7 Å². The molecule has 2 N–H and O–H groups in total. The number of hydrogen-bond acceptors (Lipinski definition) is 4. The molecule has 218 valence electrons. The van der Waals surface area contributed by atoms with Crippen molar-refractivity contribution in [2.24, 2.45) is 0 Å². The Kier molecular flexibility index (Phi) is 10.6. The van der Waals surface area contributed by atoms with Gasteiger partial charge in [-0.1, -0.05) is 72.8 Å². The molecule has 0 aliphatic rings. The van der Waals surface area contributed by atoms with Gasteiger partial charge in [0, 0.05) is 12.1 Å². The summed E-state index contributed by atoms with van der Waals surface area (Å²) in [5, 5.41) is 3.79. The smallest absolute Gasteiger partial charge is 0.375 e. The standard InChI is InChI=1S/C30H31F4N3O4/c1-21(36-28(40)29(2,31)27(39)35-19-30(32,33)34)23-12-6-7-13-24(23)25-14-8-9-15-26(25)37(20-38)16-17-41-18-22-10-4-3-5-11-22/h3-15,20-21H,16-19H2,1-2H3,(H,35,39)(H,36,40)/t21-,29-/m1/s1. The SMILES string of the molecule is C[C@@H](NC(=O)[C@](C)(F)C(=O)NCC(F)(F)F)c1ccccc1-c1ccccc1N(C=O)CCOCc1ccccc1. The fourth-order valence-corrected chi connectivity index (χ4v) is 4.09. The van der Waals surface area contributed by atoms with Crippen LogP contribution >= 0.6 is 0 Å². The van der Waals surface area contributed by atoms with Crippen LogP contribution in [0.1, 0.15) is 31.0 Å². The minimum atomic E-state index is -4.76. The fourth-order valence-electron chi connectivity index (χ4n) is 4.09. The molecule has 3 amide bonds. The maximum Gasteiger partial charge on any atom is 0.405 e. The fraction of sp³-hybridized carbons (Fsp3) is 0.300. The molecule has 0 saturated heterocycles. The summed E-state index contributed by atoms with van der Waals surface area (Å²) in [6.07, 6.45) is -4.07. The number of benzene rings is 3. The number of halogens is 4. The summed E-state index contributed by atoms with van der Waals surface area (Å²) in [5.41, 5.74) is 0.114. The monoisotopic (exact) mass is 573 g/mol. The quantitative estimate of drug-likeness (QED) is 0.129. The molecule has 7 nitrogen and oxygen atoms in total. The highest BCUT2D eigenvalue weighted by atomic mass is 19.4. The van der Waals surface area contributed by atoms with Crippen LogP contribution in [0.3, 0.4) is 0 Å². The van der Waals surface area contributed by atoms with Gasteiger partial charge in [-0.25, -0.2) is 4.39 Å². The lowest BCUT2D eigenvalue weighted by atomic mass is 9.93. The lowest BCUT2D eigenvalue weighted by Gasteiger charge is -2.25. The van der Waals surface area contributed by atoms with Gasteiger partial charge < -0.3 is 20.3 Å². The largest absolute Gasteiger partial charge is 0.405 e. The molecule has 3 aromatic carbocycles. The van der Waals surface area contributed by atoms with Crippen molar-refractivity contribution in [1.82, 2.24) is 10.6 Å². The van der Waals surface area contributed by atoms with Crippen LogP contribution in [-0.2, 0) is 25.7 Å². The predicted molar refractivity (Wildman–Crippen MR) is 147 cm³/mol. The summed E-state index contributed by atoms with van der Waals surface area (Å²) in [7, 11) is 0. The second-order valence-electron chi connectivity index (χ2n) is 9.44. The number of carbonyl (C=O) groups is 3. The van der Waals surface area contributed by atoms with Gasteiger partial charge >= 0.3 is 6.18 Å².